The molecule has 6 heteroatoms. The molecule has 0 radical (unpaired) electrons. The van der Waals surface area contributed by atoms with Gasteiger partial charge in [-0.1, -0.05) is 0 Å². The Morgan fingerprint density at radius 1 is 1.10 bits per heavy atom. The zero-order valence-electron chi connectivity index (χ0n) is 12.4. The molecule has 0 fully saturated rings. The highest BCUT2D eigenvalue weighted by molar-refractivity contribution is 5.56. The van der Waals surface area contributed by atoms with Crippen molar-refractivity contribution in [2.24, 2.45) is 0 Å². The monoisotopic (exact) mass is 297 g/mol. The molecular weight excluding hydrogens is 279 g/mol. The van der Waals surface area contributed by atoms with E-state index < -0.39 is 11.7 Å². The molecule has 3 nitrogen and oxygen atoms in total. The van der Waals surface area contributed by atoms with E-state index in [1.165, 1.54) is 6.33 Å². The van der Waals surface area contributed by atoms with E-state index in [9.17, 15) is 13.2 Å². The van der Waals surface area contributed by atoms with Gasteiger partial charge in [0.2, 0.25) is 0 Å². The number of rotatable bonds is 2. The summed E-state index contributed by atoms with van der Waals surface area (Å²) in [6.07, 6.45) is -1.19. The molecule has 2 aromatic rings. The molecule has 0 unspecified atom stereocenters. The molecule has 0 saturated heterocycles. The quantitative estimate of drug-likeness (QED) is 0.889. The first kappa shape index (κ1) is 15.4. The Morgan fingerprint density at radius 2 is 1.76 bits per heavy atom. The van der Waals surface area contributed by atoms with Crippen molar-refractivity contribution in [1.29, 1.82) is 0 Å². The molecule has 0 saturated carbocycles. The number of hydrogen-bond acceptors (Lipinski definition) is 2. The van der Waals surface area contributed by atoms with Crippen LogP contribution in [-0.2, 0) is 6.18 Å². The third-order valence-electron chi connectivity index (χ3n) is 2.77. The number of imidazole rings is 1. The average molecular weight is 297 g/mol. The first-order chi connectivity index (χ1) is 9.54. The SMILES string of the molecule is Cc1cn(-c2cc(NC(C)(C)C)cc(C(F)(F)F)c2)cn1. The number of hydrogen-bond donors (Lipinski definition) is 1. The molecule has 1 aromatic carbocycles. The molecule has 0 aliphatic rings. The van der Waals surface area contributed by atoms with Gasteiger partial charge in [-0.05, 0) is 45.9 Å². The predicted molar refractivity (Wildman–Crippen MR) is 76.7 cm³/mol. The van der Waals surface area contributed by atoms with E-state index in [4.69, 9.17) is 0 Å². The third kappa shape index (κ3) is 4.00. The Hall–Kier alpha value is -1.98. The molecule has 0 atom stereocenters. The molecule has 1 N–H and O–H groups in total. The fourth-order valence-electron chi connectivity index (χ4n) is 1.99. The molecule has 1 aromatic heterocycles. The summed E-state index contributed by atoms with van der Waals surface area (Å²) in [4.78, 5) is 4.05. The van der Waals surface area contributed by atoms with E-state index in [1.54, 1.807) is 23.8 Å². The number of anilines is 1. The zero-order chi connectivity index (χ0) is 15.8. The number of nitrogens with zero attached hydrogens (tertiary/aromatic N) is 2. The molecule has 0 spiro atoms. The van der Waals surface area contributed by atoms with Crippen molar-refractivity contribution in [3.8, 4) is 5.69 Å². The lowest BCUT2D eigenvalue weighted by Crippen LogP contribution is -2.26. The van der Waals surface area contributed by atoms with E-state index in [1.807, 2.05) is 20.8 Å². The lowest BCUT2D eigenvalue weighted by molar-refractivity contribution is -0.137. The van der Waals surface area contributed by atoms with E-state index in [0.29, 0.717) is 11.4 Å². The maximum absolute atomic E-state index is 13.0. The lowest BCUT2D eigenvalue weighted by atomic mass is 10.1. The Bertz CT molecular complexity index is 636. The molecule has 2 rings (SSSR count). The van der Waals surface area contributed by atoms with Crippen molar-refractivity contribution >= 4 is 5.69 Å². The second kappa shape index (κ2) is 5.09. The normalized spacial score (nSPS) is 12.5. The Kier molecular flexibility index (Phi) is 3.74. The minimum atomic E-state index is -4.39. The Morgan fingerprint density at radius 3 is 2.24 bits per heavy atom. The number of benzene rings is 1. The number of aromatic nitrogens is 2. The summed E-state index contributed by atoms with van der Waals surface area (Å²) in [5.41, 5.74) is 0.596. The molecule has 0 bridgehead atoms. The maximum Gasteiger partial charge on any atom is 0.416 e. The fraction of sp³-hybridized carbons (Fsp3) is 0.400. The van der Waals surface area contributed by atoms with Crippen LogP contribution in [0.4, 0.5) is 18.9 Å². The fourth-order valence-corrected chi connectivity index (χ4v) is 1.99. The highest BCUT2D eigenvalue weighted by Crippen LogP contribution is 2.33. The largest absolute Gasteiger partial charge is 0.416 e. The molecular formula is C15H18F3N3. The van der Waals surface area contributed by atoms with Crippen molar-refractivity contribution in [3.05, 3.63) is 42.0 Å². The second-order valence-electron chi connectivity index (χ2n) is 6.06. The van der Waals surface area contributed by atoms with Crippen LogP contribution in [0.2, 0.25) is 0 Å². The van der Waals surface area contributed by atoms with Crippen molar-refractivity contribution in [2.45, 2.75) is 39.4 Å². The van der Waals surface area contributed by atoms with Gasteiger partial charge in [0.1, 0.15) is 0 Å². The molecule has 0 aliphatic carbocycles. The van der Waals surface area contributed by atoms with Crippen LogP contribution in [0.1, 0.15) is 32.0 Å². The summed E-state index contributed by atoms with van der Waals surface area (Å²) in [7, 11) is 0. The number of aryl methyl sites for hydroxylation is 1. The standard InChI is InChI=1S/C15H18F3N3/c1-10-8-21(9-19-10)13-6-11(15(16,17)18)5-12(7-13)20-14(2,3)4/h5-9,20H,1-4H3. The third-order valence-corrected chi connectivity index (χ3v) is 2.77. The molecule has 0 aliphatic heterocycles. The first-order valence-electron chi connectivity index (χ1n) is 6.56. The summed E-state index contributed by atoms with van der Waals surface area (Å²) in [6.45, 7) is 7.48. The summed E-state index contributed by atoms with van der Waals surface area (Å²) < 4.78 is 40.7. The average Bonchev–Trinajstić information content (AvgIpc) is 2.72. The van der Waals surface area contributed by atoms with Gasteiger partial charge in [0, 0.05) is 23.1 Å². The van der Waals surface area contributed by atoms with Gasteiger partial charge < -0.3 is 9.88 Å². The van der Waals surface area contributed by atoms with Gasteiger partial charge in [-0.15, -0.1) is 0 Å². The molecule has 1 heterocycles. The van der Waals surface area contributed by atoms with Gasteiger partial charge in [0.05, 0.1) is 17.6 Å². The van der Waals surface area contributed by atoms with Crippen LogP contribution in [0, 0.1) is 6.92 Å². The Labute approximate surface area is 121 Å². The van der Waals surface area contributed by atoms with Crippen molar-refractivity contribution < 1.29 is 13.2 Å². The summed E-state index contributed by atoms with van der Waals surface area (Å²) >= 11 is 0. The molecule has 114 valence electrons. The number of alkyl halides is 3. The van der Waals surface area contributed by atoms with E-state index in [-0.39, 0.29) is 5.54 Å². The van der Waals surface area contributed by atoms with Crippen molar-refractivity contribution in [3.63, 3.8) is 0 Å². The lowest BCUT2D eigenvalue weighted by Gasteiger charge is -2.23. The number of halogens is 3. The summed E-state index contributed by atoms with van der Waals surface area (Å²) in [5.74, 6) is 0. The van der Waals surface area contributed by atoms with Crippen LogP contribution in [0.25, 0.3) is 5.69 Å². The minimum Gasteiger partial charge on any atom is -0.380 e. The number of nitrogens with one attached hydrogen (secondary N) is 1. The van der Waals surface area contributed by atoms with Crippen LogP contribution in [0.5, 0.6) is 0 Å². The van der Waals surface area contributed by atoms with Crippen LogP contribution in [0.15, 0.2) is 30.7 Å². The Balaban J connectivity index is 2.52. The zero-order valence-corrected chi connectivity index (χ0v) is 12.4. The topological polar surface area (TPSA) is 29.9 Å². The van der Waals surface area contributed by atoms with Crippen molar-refractivity contribution in [2.75, 3.05) is 5.32 Å². The summed E-state index contributed by atoms with van der Waals surface area (Å²) in [5, 5.41) is 3.08. The van der Waals surface area contributed by atoms with Crippen molar-refractivity contribution in [1.82, 2.24) is 9.55 Å². The van der Waals surface area contributed by atoms with Crippen LogP contribution in [0.3, 0.4) is 0 Å². The van der Waals surface area contributed by atoms with Gasteiger partial charge in [0.15, 0.2) is 0 Å². The second-order valence-corrected chi connectivity index (χ2v) is 6.06. The smallest absolute Gasteiger partial charge is 0.380 e. The van der Waals surface area contributed by atoms with Gasteiger partial charge in [-0.2, -0.15) is 13.2 Å². The van der Waals surface area contributed by atoms with Gasteiger partial charge in [-0.25, -0.2) is 4.98 Å². The van der Waals surface area contributed by atoms with Gasteiger partial charge in [0.25, 0.3) is 0 Å². The van der Waals surface area contributed by atoms with Gasteiger partial charge >= 0.3 is 6.18 Å². The first-order valence-corrected chi connectivity index (χ1v) is 6.56. The predicted octanol–water partition coefficient (Wildman–Crippen LogP) is 4.41. The highest BCUT2D eigenvalue weighted by Gasteiger charge is 2.31. The maximum atomic E-state index is 13.0. The van der Waals surface area contributed by atoms with E-state index in [2.05, 4.69) is 10.3 Å². The van der Waals surface area contributed by atoms with Crippen LogP contribution >= 0.6 is 0 Å². The van der Waals surface area contributed by atoms with E-state index >= 15 is 0 Å². The van der Waals surface area contributed by atoms with Crippen LogP contribution in [-0.4, -0.2) is 15.1 Å². The highest BCUT2D eigenvalue weighted by atomic mass is 19.4. The summed E-state index contributed by atoms with van der Waals surface area (Å²) in [6, 6.07) is 3.93. The van der Waals surface area contributed by atoms with Crippen LogP contribution < -0.4 is 5.32 Å². The minimum absolute atomic E-state index is 0.327. The van der Waals surface area contributed by atoms with Gasteiger partial charge in [-0.3, -0.25) is 0 Å². The molecule has 0 amide bonds. The molecule has 21 heavy (non-hydrogen) atoms. The van der Waals surface area contributed by atoms with E-state index in [0.717, 1.165) is 17.8 Å².